The summed E-state index contributed by atoms with van der Waals surface area (Å²) in [5.41, 5.74) is 9.18. The molecule has 1 atom stereocenters. The summed E-state index contributed by atoms with van der Waals surface area (Å²) >= 11 is 0. The monoisotopic (exact) mass is 318 g/mol. The van der Waals surface area contributed by atoms with E-state index in [9.17, 15) is 13.2 Å². The van der Waals surface area contributed by atoms with Crippen molar-refractivity contribution in [3.63, 3.8) is 0 Å². The van der Waals surface area contributed by atoms with Crippen LogP contribution in [0.2, 0.25) is 0 Å². The summed E-state index contributed by atoms with van der Waals surface area (Å²) in [6.07, 6.45) is -2.44. The molecule has 1 aromatic heterocycles. The summed E-state index contributed by atoms with van der Waals surface area (Å²) in [5.74, 6) is -0.146. The fourth-order valence-electron chi connectivity index (χ4n) is 2.89. The van der Waals surface area contributed by atoms with Gasteiger partial charge in [-0.05, 0) is 42.3 Å². The molecule has 3 aromatic rings. The van der Waals surface area contributed by atoms with Crippen molar-refractivity contribution in [1.29, 1.82) is 0 Å². The molecule has 0 saturated heterocycles. The first kappa shape index (κ1) is 15.6. The van der Waals surface area contributed by atoms with Crippen molar-refractivity contribution in [2.24, 2.45) is 5.73 Å². The van der Waals surface area contributed by atoms with E-state index >= 15 is 0 Å². The zero-order valence-electron chi connectivity index (χ0n) is 12.6. The fraction of sp³-hybridized carbons (Fsp3) is 0.222. The Kier molecular flexibility index (Phi) is 3.90. The van der Waals surface area contributed by atoms with Gasteiger partial charge in [-0.2, -0.15) is 13.2 Å². The Balaban J connectivity index is 2.03. The summed E-state index contributed by atoms with van der Waals surface area (Å²) in [7, 11) is 0. The Labute approximate surface area is 132 Å². The number of aromatic nitrogens is 1. The number of fused-ring (bicyclic) bond motifs is 1. The molecule has 0 fully saturated rings. The van der Waals surface area contributed by atoms with Crippen molar-refractivity contribution in [3.05, 3.63) is 70.9 Å². The lowest BCUT2D eigenvalue weighted by Gasteiger charge is -2.16. The molecule has 0 aliphatic heterocycles. The van der Waals surface area contributed by atoms with Gasteiger partial charge in [0.25, 0.3) is 0 Å². The molecule has 0 saturated carbocycles. The highest BCUT2D eigenvalue weighted by Gasteiger charge is 2.30. The summed E-state index contributed by atoms with van der Waals surface area (Å²) in [6.45, 7) is 2.33. The quantitative estimate of drug-likeness (QED) is 0.729. The van der Waals surface area contributed by atoms with Crippen LogP contribution in [0.25, 0.3) is 10.9 Å². The Morgan fingerprint density at radius 1 is 1.09 bits per heavy atom. The van der Waals surface area contributed by atoms with Gasteiger partial charge in [0.1, 0.15) is 0 Å². The summed E-state index contributed by atoms with van der Waals surface area (Å²) < 4.78 is 38.1. The maximum atomic E-state index is 12.7. The molecule has 3 N–H and O–H groups in total. The molecule has 0 bridgehead atoms. The molecule has 2 nitrogen and oxygen atoms in total. The van der Waals surface area contributed by atoms with Gasteiger partial charge in [0.05, 0.1) is 5.56 Å². The van der Waals surface area contributed by atoms with Gasteiger partial charge in [-0.1, -0.05) is 23.8 Å². The van der Waals surface area contributed by atoms with E-state index < -0.39 is 11.7 Å². The Morgan fingerprint density at radius 2 is 1.78 bits per heavy atom. The second-order valence-corrected chi connectivity index (χ2v) is 5.70. The number of aryl methyl sites for hydroxylation is 1. The molecule has 0 aliphatic rings. The molecule has 0 spiro atoms. The van der Waals surface area contributed by atoms with E-state index in [1.165, 1.54) is 12.1 Å². The molecule has 1 heterocycles. The average Bonchev–Trinajstić information content (AvgIpc) is 2.91. The van der Waals surface area contributed by atoms with Crippen LogP contribution in [0.15, 0.2) is 48.7 Å². The highest BCUT2D eigenvalue weighted by Crippen LogP contribution is 2.33. The molecule has 2 aromatic carbocycles. The van der Waals surface area contributed by atoms with Crippen molar-refractivity contribution in [2.45, 2.75) is 19.0 Å². The van der Waals surface area contributed by atoms with E-state index in [1.807, 2.05) is 25.3 Å². The lowest BCUT2D eigenvalue weighted by molar-refractivity contribution is -0.137. The number of nitrogens with two attached hydrogens (primary N) is 1. The van der Waals surface area contributed by atoms with Gasteiger partial charge in [-0.15, -0.1) is 0 Å². The van der Waals surface area contributed by atoms with Gasteiger partial charge in [0.2, 0.25) is 0 Å². The van der Waals surface area contributed by atoms with Crippen molar-refractivity contribution >= 4 is 10.9 Å². The van der Waals surface area contributed by atoms with Gasteiger partial charge < -0.3 is 10.7 Å². The minimum atomic E-state index is -4.32. The summed E-state index contributed by atoms with van der Waals surface area (Å²) in [4.78, 5) is 3.20. The molecule has 1 unspecified atom stereocenters. The summed E-state index contributed by atoms with van der Waals surface area (Å²) in [5, 5.41) is 1.06. The number of hydrogen-bond donors (Lipinski definition) is 2. The Bertz CT molecular complexity index is 816. The zero-order chi connectivity index (χ0) is 16.6. The van der Waals surface area contributed by atoms with E-state index in [-0.39, 0.29) is 5.92 Å². The zero-order valence-corrected chi connectivity index (χ0v) is 12.6. The minimum Gasteiger partial charge on any atom is -0.361 e. The first-order valence-electron chi connectivity index (χ1n) is 7.35. The van der Waals surface area contributed by atoms with Crippen LogP contribution >= 0.6 is 0 Å². The topological polar surface area (TPSA) is 41.8 Å². The van der Waals surface area contributed by atoms with Crippen molar-refractivity contribution in [1.82, 2.24) is 4.98 Å². The number of benzene rings is 2. The first-order valence-corrected chi connectivity index (χ1v) is 7.35. The lowest BCUT2D eigenvalue weighted by Crippen LogP contribution is -2.14. The Hall–Kier alpha value is -2.27. The van der Waals surface area contributed by atoms with Gasteiger partial charge >= 0.3 is 6.18 Å². The minimum absolute atomic E-state index is 0.146. The van der Waals surface area contributed by atoms with Crippen molar-refractivity contribution in [2.75, 3.05) is 6.54 Å². The second kappa shape index (κ2) is 5.74. The largest absolute Gasteiger partial charge is 0.416 e. The number of H-pyrrole nitrogens is 1. The van der Waals surface area contributed by atoms with Crippen LogP contribution in [0, 0.1) is 6.92 Å². The average molecular weight is 318 g/mol. The molecular formula is C18H17F3N2. The van der Waals surface area contributed by atoms with Crippen molar-refractivity contribution < 1.29 is 13.2 Å². The Morgan fingerprint density at radius 3 is 2.39 bits per heavy atom. The molecule has 0 radical (unpaired) electrons. The third-order valence-electron chi connectivity index (χ3n) is 4.12. The second-order valence-electron chi connectivity index (χ2n) is 5.70. The van der Waals surface area contributed by atoms with Gasteiger partial charge in [0.15, 0.2) is 0 Å². The molecule has 0 amide bonds. The molecule has 5 heteroatoms. The van der Waals surface area contributed by atoms with Crippen LogP contribution in [0.4, 0.5) is 13.2 Å². The number of rotatable bonds is 3. The van der Waals surface area contributed by atoms with E-state index in [1.54, 1.807) is 0 Å². The number of aromatic amines is 1. The van der Waals surface area contributed by atoms with E-state index in [0.29, 0.717) is 6.54 Å². The van der Waals surface area contributed by atoms with E-state index in [0.717, 1.165) is 39.7 Å². The standard InChI is InChI=1S/C18H17F3N2/c1-11-2-7-17-14(8-11)16(10-23-17)15(9-22)12-3-5-13(6-4-12)18(19,20)21/h2-8,10,15,23H,9,22H2,1H3. The van der Waals surface area contributed by atoms with Crippen LogP contribution in [0.5, 0.6) is 0 Å². The van der Waals surface area contributed by atoms with Crippen LogP contribution in [0.3, 0.4) is 0 Å². The van der Waals surface area contributed by atoms with Gasteiger partial charge in [-0.3, -0.25) is 0 Å². The van der Waals surface area contributed by atoms with Crippen LogP contribution < -0.4 is 5.73 Å². The van der Waals surface area contributed by atoms with E-state index in [2.05, 4.69) is 11.1 Å². The molecule has 0 aliphatic carbocycles. The SMILES string of the molecule is Cc1ccc2[nH]cc(C(CN)c3ccc(C(F)(F)F)cc3)c2c1. The normalized spacial score (nSPS) is 13.4. The fourth-order valence-corrected chi connectivity index (χ4v) is 2.89. The van der Waals surface area contributed by atoms with Crippen molar-refractivity contribution in [3.8, 4) is 0 Å². The van der Waals surface area contributed by atoms with Crippen LogP contribution in [-0.2, 0) is 6.18 Å². The highest BCUT2D eigenvalue weighted by molar-refractivity contribution is 5.85. The summed E-state index contributed by atoms with van der Waals surface area (Å²) in [6, 6.07) is 11.3. The van der Waals surface area contributed by atoms with Gasteiger partial charge in [0, 0.05) is 29.6 Å². The number of hydrogen-bond acceptors (Lipinski definition) is 1. The molecule has 3 rings (SSSR count). The predicted molar refractivity (Wildman–Crippen MR) is 85.4 cm³/mol. The molecule has 23 heavy (non-hydrogen) atoms. The third-order valence-corrected chi connectivity index (χ3v) is 4.12. The number of alkyl halides is 3. The lowest BCUT2D eigenvalue weighted by atomic mass is 9.90. The maximum Gasteiger partial charge on any atom is 0.416 e. The maximum absolute atomic E-state index is 12.7. The van der Waals surface area contributed by atoms with Crippen LogP contribution in [0.1, 0.15) is 28.2 Å². The first-order chi connectivity index (χ1) is 10.9. The highest BCUT2D eigenvalue weighted by atomic mass is 19.4. The molecular weight excluding hydrogens is 301 g/mol. The smallest absolute Gasteiger partial charge is 0.361 e. The predicted octanol–water partition coefficient (Wildman–Crippen LogP) is 4.59. The number of halogens is 3. The van der Waals surface area contributed by atoms with E-state index in [4.69, 9.17) is 5.73 Å². The third kappa shape index (κ3) is 2.97. The number of nitrogens with one attached hydrogen (secondary N) is 1. The molecule has 120 valence electrons. The van der Waals surface area contributed by atoms with Gasteiger partial charge in [-0.25, -0.2) is 0 Å². The van der Waals surface area contributed by atoms with Crippen LogP contribution in [-0.4, -0.2) is 11.5 Å².